The van der Waals surface area contributed by atoms with Crippen molar-refractivity contribution in [3.05, 3.63) is 60.4 Å². The molecule has 1 aromatic carbocycles. The van der Waals surface area contributed by atoms with E-state index in [1.807, 2.05) is 30.3 Å². The molecule has 1 aromatic heterocycles. The van der Waals surface area contributed by atoms with Gasteiger partial charge >= 0.3 is 0 Å². The number of nitrogens with zero attached hydrogens (tertiary/aromatic N) is 2. The minimum absolute atomic E-state index is 0. The Labute approximate surface area is 178 Å². The zero-order chi connectivity index (χ0) is 18.8. The van der Waals surface area contributed by atoms with Crippen molar-refractivity contribution in [2.24, 2.45) is 5.73 Å². The lowest BCUT2D eigenvalue weighted by molar-refractivity contribution is -0.131. The van der Waals surface area contributed by atoms with Crippen LogP contribution < -0.4 is 10.5 Å². The fraction of sp³-hybridized carbons (Fsp3) is 0.333. The molecule has 0 saturated heterocycles. The van der Waals surface area contributed by atoms with Crippen molar-refractivity contribution in [3.8, 4) is 0 Å². The minimum Gasteiger partial charge on any atom is -0.338 e. The third-order valence-electron chi connectivity index (χ3n) is 3.78. The summed E-state index contributed by atoms with van der Waals surface area (Å²) in [5.41, 5.74) is 6.58. The molecule has 0 radical (unpaired) electrons. The molecule has 2 rings (SSSR count). The van der Waals surface area contributed by atoms with Gasteiger partial charge in [0.2, 0.25) is 15.9 Å². The highest BCUT2D eigenvalue weighted by Crippen LogP contribution is 2.08. The summed E-state index contributed by atoms with van der Waals surface area (Å²) >= 11 is 0. The summed E-state index contributed by atoms with van der Waals surface area (Å²) in [4.78, 5) is 18.1. The number of amides is 1. The predicted molar refractivity (Wildman–Crippen MR) is 114 cm³/mol. The zero-order valence-electron chi connectivity index (χ0n) is 15.4. The number of halogens is 2. The summed E-state index contributed by atoms with van der Waals surface area (Å²) in [5.74, 6) is -0.115. The first-order valence-electron chi connectivity index (χ1n) is 8.44. The lowest BCUT2D eigenvalue weighted by Crippen LogP contribution is -2.35. The summed E-state index contributed by atoms with van der Waals surface area (Å²) < 4.78 is 26.7. The molecule has 0 bridgehead atoms. The van der Waals surface area contributed by atoms with E-state index in [0.29, 0.717) is 26.1 Å². The van der Waals surface area contributed by atoms with Gasteiger partial charge in [0.1, 0.15) is 4.90 Å². The lowest BCUT2D eigenvalue weighted by atomic mass is 10.2. The van der Waals surface area contributed by atoms with Gasteiger partial charge in [0.15, 0.2) is 0 Å². The SMILES string of the molecule is Cl.Cl.NCCCN(Cc1ccccc1)C(=O)CCNS(=O)(=O)c1cccnc1. The Balaban J connectivity index is 0.00000364. The third kappa shape index (κ3) is 8.53. The molecule has 28 heavy (non-hydrogen) atoms. The summed E-state index contributed by atoms with van der Waals surface area (Å²) in [6.45, 7) is 1.55. The number of sulfonamides is 1. The molecule has 1 heterocycles. The van der Waals surface area contributed by atoms with Gasteiger partial charge in [-0.1, -0.05) is 30.3 Å². The Morgan fingerprint density at radius 2 is 1.82 bits per heavy atom. The Morgan fingerprint density at radius 1 is 1.11 bits per heavy atom. The maximum absolute atomic E-state index is 12.5. The van der Waals surface area contributed by atoms with Crippen molar-refractivity contribution in [2.75, 3.05) is 19.6 Å². The molecule has 0 fully saturated rings. The number of hydrogen-bond acceptors (Lipinski definition) is 5. The Hall–Kier alpha value is -1.71. The molecular formula is C18H26Cl2N4O3S. The molecule has 0 aliphatic rings. The van der Waals surface area contributed by atoms with Gasteiger partial charge in [-0.2, -0.15) is 0 Å². The average Bonchev–Trinajstić information content (AvgIpc) is 2.66. The van der Waals surface area contributed by atoms with Crippen molar-refractivity contribution >= 4 is 40.7 Å². The van der Waals surface area contributed by atoms with Gasteiger partial charge in [-0.3, -0.25) is 9.78 Å². The number of benzene rings is 1. The van der Waals surface area contributed by atoms with Gasteiger partial charge in [0.25, 0.3) is 0 Å². The van der Waals surface area contributed by atoms with Crippen LogP contribution in [0.1, 0.15) is 18.4 Å². The van der Waals surface area contributed by atoms with Crippen molar-refractivity contribution in [1.29, 1.82) is 0 Å². The summed E-state index contributed by atoms with van der Waals surface area (Å²) in [6, 6.07) is 12.7. The van der Waals surface area contributed by atoms with E-state index in [1.54, 1.807) is 11.0 Å². The number of rotatable bonds is 10. The highest BCUT2D eigenvalue weighted by molar-refractivity contribution is 7.89. The molecule has 0 unspecified atom stereocenters. The number of hydrogen-bond donors (Lipinski definition) is 2. The Kier molecular flexibility index (Phi) is 12.6. The molecule has 0 aliphatic carbocycles. The second kappa shape index (κ2) is 13.5. The van der Waals surface area contributed by atoms with Crippen molar-refractivity contribution in [3.63, 3.8) is 0 Å². The van der Waals surface area contributed by atoms with E-state index in [9.17, 15) is 13.2 Å². The standard InChI is InChI=1S/C18H24N4O3S.2ClH/c19-10-5-13-22(15-16-6-2-1-3-7-16)18(23)9-12-21-26(24,25)17-8-4-11-20-14-17;;/h1-4,6-8,11,14,21H,5,9-10,12-13,15,19H2;2*1H. The van der Waals surface area contributed by atoms with Crippen LogP contribution in [0.15, 0.2) is 59.8 Å². The molecule has 0 spiro atoms. The van der Waals surface area contributed by atoms with Gasteiger partial charge in [0.05, 0.1) is 0 Å². The number of carbonyl (C=O) groups is 1. The highest BCUT2D eigenvalue weighted by Gasteiger charge is 2.17. The normalized spacial score (nSPS) is 10.5. The summed E-state index contributed by atoms with van der Waals surface area (Å²) in [6.07, 6.45) is 3.55. The van der Waals surface area contributed by atoms with Crippen LogP contribution in [0.25, 0.3) is 0 Å². The highest BCUT2D eigenvalue weighted by atomic mass is 35.5. The van der Waals surface area contributed by atoms with Crippen molar-refractivity contribution in [2.45, 2.75) is 24.3 Å². The van der Waals surface area contributed by atoms with E-state index in [4.69, 9.17) is 5.73 Å². The van der Waals surface area contributed by atoms with Gasteiger partial charge in [-0.15, -0.1) is 24.8 Å². The van der Waals surface area contributed by atoms with E-state index in [2.05, 4.69) is 9.71 Å². The van der Waals surface area contributed by atoms with Crippen LogP contribution in [0, 0.1) is 0 Å². The zero-order valence-corrected chi connectivity index (χ0v) is 17.8. The minimum atomic E-state index is -3.66. The molecule has 0 atom stereocenters. The van der Waals surface area contributed by atoms with E-state index < -0.39 is 10.0 Å². The molecule has 7 nitrogen and oxygen atoms in total. The quantitative estimate of drug-likeness (QED) is 0.577. The van der Waals surface area contributed by atoms with Crippen molar-refractivity contribution < 1.29 is 13.2 Å². The molecule has 1 amide bonds. The monoisotopic (exact) mass is 448 g/mol. The first-order chi connectivity index (χ1) is 12.5. The van der Waals surface area contributed by atoms with Gasteiger partial charge in [0, 0.05) is 38.4 Å². The maximum atomic E-state index is 12.5. The second-order valence-electron chi connectivity index (χ2n) is 5.78. The maximum Gasteiger partial charge on any atom is 0.242 e. The Bertz CT molecular complexity index is 793. The van der Waals surface area contributed by atoms with Crippen LogP contribution in [0.4, 0.5) is 0 Å². The van der Waals surface area contributed by atoms with Gasteiger partial charge in [-0.25, -0.2) is 13.1 Å². The molecule has 0 aliphatic heterocycles. The molecule has 10 heteroatoms. The predicted octanol–water partition coefficient (Wildman–Crippen LogP) is 1.97. The van der Waals surface area contributed by atoms with E-state index in [1.165, 1.54) is 18.5 Å². The molecular weight excluding hydrogens is 423 g/mol. The number of pyridine rings is 1. The van der Waals surface area contributed by atoms with Crippen LogP contribution >= 0.6 is 24.8 Å². The summed E-state index contributed by atoms with van der Waals surface area (Å²) in [7, 11) is -3.66. The van der Waals surface area contributed by atoms with Crippen LogP contribution in [-0.4, -0.2) is 43.8 Å². The molecule has 156 valence electrons. The molecule has 2 aromatic rings. The molecule has 3 N–H and O–H groups in total. The smallest absolute Gasteiger partial charge is 0.242 e. The van der Waals surface area contributed by atoms with Crippen LogP contribution in [0.5, 0.6) is 0 Å². The van der Waals surface area contributed by atoms with Crippen LogP contribution in [0.3, 0.4) is 0 Å². The largest absolute Gasteiger partial charge is 0.338 e. The average molecular weight is 449 g/mol. The van der Waals surface area contributed by atoms with E-state index in [-0.39, 0.29) is 48.6 Å². The third-order valence-corrected chi connectivity index (χ3v) is 5.22. The lowest BCUT2D eigenvalue weighted by Gasteiger charge is -2.23. The first kappa shape index (κ1) is 26.3. The summed E-state index contributed by atoms with van der Waals surface area (Å²) in [5, 5.41) is 0. The van der Waals surface area contributed by atoms with Gasteiger partial charge in [-0.05, 0) is 30.7 Å². The van der Waals surface area contributed by atoms with Crippen LogP contribution in [0.2, 0.25) is 0 Å². The van der Waals surface area contributed by atoms with Crippen molar-refractivity contribution in [1.82, 2.24) is 14.6 Å². The fourth-order valence-electron chi connectivity index (χ4n) is 2.42. The second-order valence-corrected chi connectivity index (χ2v) is 7.55. The fourth-order valence-corrected chi connectivity index (χ4v) is 3.41. The number of carbonyl (C=O) groups excluding carboxylic acids is 1. The molecule has 0 saturated carbocycles. The topological polar surface area (TPSA) is 105 Å². The van der Waals surface area contributed by atoms with Gasteiger partial charge < -0.3 is 10.6 Å². The Morgan fingerprint density at radius 3 is 2.43 bits per heavy atom. The first-order valence-corrected chi connectivity index (χ1v) is 9.92. The number of nitrogens with one attached hydrogen (secondary N) is 1. The van der Waals surface area contributed by atoms with E-state index in [0.717, 1.165) is 5.56 Å². The number of aromatic nitrogens is 1. The number of nitrogens with two attached hydrogens (primary N) is 1. The van der Waals surface area contributed by atoms with E-state index >= 15 is 0 Å². The van der Waals surface area contributed by atoms with Crippen LogP contribution in [-0.2, 0) is 21.4 Å².